The van der Waals surface area contributed by atoms with Gasteiger partial charge in [-0.1, -0.05) is 0 Å². The van der Waals surface area contributed by atoms with E-state index in [9.17, 15) is 5.11 Å². The monoisotopic (exact) mass is 152 g/mol. The number of aliphatic hydroxyl groups excluding tert-OH is 1. The first-order chi connectivity index (χ1) is 5.34. The Kier molecular flexibility index (Phi) is 1.18. The van der Waals surface area contributed by atoms with Crippen LogP contribution in [0.15, 0.2) is 0 Å². The highest BCUT2D eigenvalue weighted by atomic mass is 16.3. The summed E-state index contributed by atoms with van der Waals surface area (Å²) >= 11 is 0. The molecule has 3 fully saturated rings. The van der Waals surface area contributed by atoms with Gasteiger partial charge >= 0.3 is 0 Å². The van der Waals surface area contributed by atoms with Crippen molar-refractivity contribution >= 4 is 0 Å². The molecule has 0 aromatic heterocycles. The molecule has 11 heavy (non-hydrogen) atoms. The van der Waals surface area contributed by atoms with E-state index in [2.05, 4.69) is 0 Å². The van der Waals surface area contributed by atoms with Gasteiger partial charge in [-0.15, -0.1) is 0 Å². The van der Waals surface area contributed by atoms with Crippen molar-refractivity contribution in [3.05, 3.63) is 0 Å². The molecule has 1 N–H and O–H groups in total. The Balaban J connectivity index is 1.87. The zero-order valence-electron chi connectivity index (χ0n) is 6.87. The van der Waals surface area contributed by atoms with E-state index < -0.39 is 0 Å². The topological polar surface area (TPSA) is 20.2 Å². The van der Waals surface area contributed by atoms with E-state index in [4.69, 9.17) is 0 Å². The first kappa shape index (κ1) is 6.47. The summed E-state index contributed by atoms with van der Waals surface area (Å²) in [7, 11) is 0. The van der Waals surface area contributed by atoms with Gasteiger partial charge in [0.25, 0.3) is 0 Å². The molecule has 2 bridgehead atoms. The summed E-state index contributed by atoms with van der Waals surface area (Å²) in [6.45, 7) is 0. The van der Waals surface area contributed by atoms with Crippen LogP contribution in [-0.4, -0.2) is 11.2 Å². The molecule has 0 aromatic carbocycles. The van der Waals surface area contributed by atoms with Crippen LogP contribution in [0.3, 0.4) is 0 Å². The van der Waals surface area contributed by atoms with Crippen LogP contribution >= 0.6 is 0 Å². The van der Waals surface area contributed by atoms with E-state index in [1.807, 2.05) is 0 Å². The quantitative estimate of drug-likeness (QED) is 0.561. The van der Waals surface area contributed by atoms with Gasteiger partial charge in [0, 0.05) is 0 Å². The molecule has 0 heterocycles. The SMILES string of the molecule is OC1C[C@@H]2[C@H]3CC[C@@H](C3)[C@H]2C1. The lowest BCUT2D eigenvalue weighted by Crippen LogP contribution is -2.15. The standard InChI is InChI=1S/C10H16O/c11-8-4-9-6-1-2-7(3-6)10(9)5-8/h6-11H,1-5H2/t6-,7-,9+,10+/m0/s1. The second kappa shape index (κ2) is 2.01. The van der Waals surface area contributed by atoms with Crippen molar-refractivity contribution < 1.29 is 5.11 Å². The maximum atomic E-state index is 9.50. The smallest absolute Gasteiger partial charge is 0.0546 e. The number of aliphatic hydroxyl groups is 1. The average Bonchev–Trinajstić information content (AvgIpc) is 2.53. The van der Waals surface area contributed by atoms with Crippen LogP contribution in [-0.2, 0) is 0 Å². The number of hydrogen-bond acceptors (Lipinski definition) is 1. The van der Waals surface area contributed by atoms with E-state index in [0.717, 1.165) is 36.5 Å². The third-order valence-corrected chi connectivity index (χ3v) is 4.36. The third-order valence-electron chi connectivity index (χ3n) is 4.36. The summed E-state index contributed by atoms with van der Waals surface area (Å²) in [6, 6.07) is 0. The summed E-state index contributed by atoms with van der Waals surface area (Å²) in [6.07, 6.45) is 6.77. The van der Waals surface area contributed by atoms with Crippen LogP contribution < -0.4 is 0 Å². The van der Waals surface area contributed by atoms with Gasteiger partial charge in [-0.2, -0.15) is 0 Å². The molecule has 3 aliphatic carbocycles. The summed E-state index contributed by atoms with van der Waals surface area (Å²) in [5.74, 6) is 3.90. The second-order valence-electron chi connectivity index (χ2n) is 4.79. The molecular weight excluding hydrogens is 136 g/mol. The Hall–Kier alpha value is -0.0400. The van der Waals surface area contributed by atoms with Crippen LogP contribution in [0, 0.1) is 23.7 Å². The summed E-state index contributed by atoms with van der Waals surface area (Å²) in [5, 5.41) is 9.50. The molecule has 1 nitrogen and oxygen atoms in total. The van der Waals surface area contributed by atoms with Gasteiger partial charge in [0.1, 0.15) is 0 Å². The molecule has 3 saturated carbocycles. The molecule has 0 radical (unpaired) electrons. The average molecular weight is 152 g/mol. The van der Waals surface area contributed by atoms with Gasteiger partial charge in [0.15, 0.2) is 0 Å². The Labute approximate surface area is 67.8 Å². The van der Waals surface area contributed by atoms with E-state index in [1.54, 1.807) is 0 Å². The fraction of sp³-hybridized carbons (Fsp3) is 1.00. The Morgan fingerprint density at radius 3 is 1.91 bits per heavy atom. The fourth-order valence-electron chi connectivity index (χ4n) is 3.99. The minimum absolute atomic E-state index is 0.0633. The Bertz CT molecular complexity index is 160. The third kappa shape index (κ3) is 0.752. The van der Waals surface area contributed by atoms with Crippen molar-refractivity contribution in [1.29, 1.82) is 0 Å². The lowest BCUT2D eigenvalue weighted by Gasteiger charge is -2.23. The van der Waals surface area contributed by atoms with E-state index in [-0.39, 0.29) is 6.10 Å². The highest BCUT2D eigenvalue weighted by molar-refractivity contribution is 5.01. The van der Waals surface area contributed by atoms with Crippen LogP contribution in [0.1, 0.15) is 32.1 Å². The van der Waals surface area contributed by atoms with Crippen LogP contribution in [0.5, 0.6) is 0 Å². The predicted molar refractivity (Wildman–Crippen MR) is 43.1 cm³/mol. The molecule has 0 amide bonds. The van der Waals surface area contributed by atoms with Gasteiger partial charge in [-0.3, -0.25) is 0 Å². The van der Waals surface area contributed by atoms with E-state index >= 15 is 0 Å². The molecule has 1 heteroatoms. The van der Waals surface area contributed by atoms with Crippen molar-refractivity contribution in [2.24, 2.45) is 23.7 Å². The summed E-state index contributed by atoms with van der Waals surface area (Å²) < 4.78 is 0. The maximum Gasteiger partial charge on any atom is 0.0546 e. The van der Waals surface area contributed by atoms with Crippen molar-refractivity contribution in [2.75, 3.05) is 0 Å². The van der Waals surface area contributed by atoms with Crippen molar-refractivity contribution in [1.82, 2.24) is 0 Å². The zero-order chi connectivity index (χ0) is 7.42. The molecule has 0 aromatic rings. The number of rotatable bonds is 0. The van der Waals surface area contributed by atoms with Gasteiger partial charge in [0.05, 0.1) is 6.10 Å². The van der Waals surface area contributed by atoms with Crippen LogP contribution in [0.4, 0.5) is 0 Å². The number of fused-ring (bicyclic) bond motifs is 5. The highest BCUT2D eigenvalue weighted by Gasteiger charge is 2.51. The minimum atomic E-state index is 0.0633. The Morgan fingerprint density at radius 1 is 0.818 bits per heavy atom. The predicted octanol–water partition coefficient (Wildman–Crippen LogP) is 1.80. The first-order valence-electron chi connectivity index (χ1n) is 5.02. The molecule has 4 atom stereocenters. The lowest BCUT2D eigenvalue weighted by atomic mass is 9.82. The van der Waals surface area contributed by atoms with Gasteiger partial charge in [-0.05, 0) is 55.8 Å². The molecule has 0 spiro atoms. The van der Waals surface area contributed by atoms with Gasteiger partial charge < -0.3 is 5.11 Å². The van der Waals surface area contributed by atoms with Crippen molar-refractivity contribution in [3.63, 3.8) is 0 Å². The zero-order valence-corrected chi connectivity index (χ0v) is 6.87. The minimum Gasteiger partial charge on any atom is -0.393 e. The molecule has 0 saturated heterocycles. The summed E-state index contributed by atoms with van der Waals surface area (Å²) in [4.78, 5) is 0. The molecule has 3 aliphatic rings. The highest BCUT2D eigenvalue weighted by Crippen LogP contribution is 2.58. The second-order valence-corrected chi connectivity index (χ2v) is 4.79. The van der Waals surface area contributed by atoms with Crippen LogP contribution in [0.25, 0.3) is 0 Å². The number of hydrogen-bond donors (Lipinski definition) is 1. The summed E-state index contributed by atoms with van der Waals surface area (Å²) in [5.41, 5.74) is 0. The normalized spacial score (nSPS) is 60.3. The molecule has 0 unspecified atom stereocenters. The van der Waals surface area contributed by atoms with Gasteiger partial charge in [0.2, 0.25) is 0 Å². The van der Waals surface area contributed by atoms with Crippen molar-refractivity contribution in [2.45, 2.75) is 38.2 Å². The van der Waals surface area contributed by atoms with E-state index in [0.29, 0.717) is 0 Å². The first-order valence-corrected chi connectivity index (χ1v) is 5.02. The maximum absolute atomic E-state index is 9.50. The Morgan fingerprint density at radius 2 is 1.36 bits per heavy atom. The molecule has 3 rings (SSSR count). The molecular formula is C10H16O. The molecule has 0 aliphatic heterocycles. The van der Waals surface area contributed by atoms with Gasteiger partial charge in [-0.25, -0.2) is 0 Å². The van der Waals surface area contributed by atoms with Crippen molar-refractivity contribution in [3.8, 4) is 0 Å². The van der Waals surface area contributed by atoms with E-state index in [1.165, 1.54) is 19.3 Å². The fourth-order valence-corrected chi connectivity index (χ4v) is 3.99. The molecule has 62 valence electrons. The lowest BCUT2D eigenvalue weighted by molar-refractivity contribution is 0.167. The van der Waals surface area contributed by atoms with Crippen LogP contribution in [0.2, 0.25) is 0 Å². The largest absolute Gasteiger partial charge is 0.393 e.